The van der Waals surface area contributed by atoms with Crippen molar-refractivity contribution < 1.29 is 13.9 Å². The minimum absolute atomic E-state index is 0.00237. The highest BCUT2D eigenvalue weighted by Crippen LogP contribution is 2.42. The summed E-state index contributed by atoms with van der Waals surface area (Å²) >= 11 is 7.40. The molecule has 1 aliphatic rings. The lowest BCUT2D eigenvalue weighted by Gasteiger charge is -2.22. The maximum absolute atomic E-state index is 13.6. The summed E-state index contributed by atoms with van der Waals surface area (Å²) in [6.07, 6.45) is 0.863. The predicted molar refractivity (Wildman–Crippen MR) is 123 cm³/mol. The van der Waals surface area contributed by atoms with Crippen LogP contribution in [0.25, 0.3) is 11.0 Å². The van der Waals surface area contributed by atoms with Crippen LogP contribution in [-0.2, 0) is 0 Å². The summed E-state index contributed by atoms with van der Waals surface area (Å²) in [7, 11) is 0. The number of rotatable bonds is 5. The quantitative estimate of drug-likeness (QED) is 0.403. The van der Waals surface area contributed by atoms with E-state index in [1.807, 2.05) is 38.1 Å². The van der Waals surface area contributed by atoms with Gasteiger partial charge in [-0.3, -0.25) is 14.5 Å². The van der Waals surface area contributed by atoms with E-state index in [-0.39, 0.29) is 16.8 Å². The van der Waals surface area contributed by atoms with Crippen LogP contribution in [0.1, 0.15) is 46.1 Å². The number of carbonyl (C=O) groups excluding carboxylic acids is 1. The van der Waals surface area contributed by atoms with Crippen molar-refractivity contribution in [3.8, 4) is 5.75 Å². The second-order valence-corrected chi connectivity index (χ2v) is 9.01. The number of aromatic nitrogens is 2. The summed E-state index contributed by atoms with van der Waals surface area (Å²) in [6, 6.07) is 11.4. The van der Waals surface area contributed by atoms with Crippen LogP contribution in [-0.4, -0.2) is 22.7 Å². The monoisotopic (exact) mass is 467 g/mol. The number of hydrogen-bond acceptors (Lipinski definition) is 7. The Hall–Kier alpha value is -3.23. The van der Waals surface area contributed by atoms with E-state index in [4.69, 9.17) is 20.8 Å². The Balaban J connectivity index is 1.76. The molecule has 162 valence electrons. The molecule has 0 unspecified atom stereocenters. The first kappa shape index (κ1) is 20.7. The first-order valence-electron chi connectivity index (χ1n) is 10.1. The largest absolute Gasteiger partial charge is 0.494 e. The van der Waals surface area contributed by atoms with Crippen molar-refractivity contribution in [3.63, 3.8) is 0 Å². The van der Waals surface area contributed by atoms with Crippen molar-refractivity contribution >= 4 is 44.9 Å². The number of anilines is 1. The second kappa shape index (κ2) is 8.03. The highest BCUT2D eigenvalue weighted by molar-refractivity contribution is 7.15. The zero-order chi connectivity index (χ0) is 22.4. The third kappa shape index (κ3) is 3.36. The second-order valence-electron chi connectivity index (χ2n) is 7.42. The summed E-state index contributed by atoms with van der Waals surface area (Å²) in [4.78, 5) is 28.5. The molecule has 0 N–H and O–H groups in total. The molecule has 0 bridgehead atoms. The molecule has 9 heteroatoms. The number of halogens is 1. The van der Waals surface area contributed by atoms with Gasteiger partial charge in [0.25, 0.3) is 5.91 Å². The van der Waals surface area contributed by atoms with E-state index in [9.17, 15) is 9.59 Å². The van der Waals surface area contributed by atoms with Crippen molar-refractivity contribution in [3.05, 3.63) is 79.6 Å². The Labute approximate surface area is 192 Å². The molecule has 7 nitrogen and oxygen atoms in total. The van der Waals surface area contributed by atoms with Gasteiger partial charge in [-0.05, 0) is 49.2 Å². The molecule has 0 saturated carbocycles. The van der Waals surface area contributed by atoms with Crippen molar-refractivity contribution in [2.45, 2.75) is 26.3 Å². The van der Waals surface area contributed by atoms with Crippen molar-refractivity contribution in [2.24, 2.45) is 0 Å². The van der Waals surface area contributed by atoms with Crippen molar-refractivity contribution in [2.75, 3.05) is 11.5 Å². The molecule has 0 aliphatic carbocycles. The van der Waals surface area contributed by atoms with Crippen LogP contribution < -0.4 is 15.1 Å². The van der Waals surface area contributed by atoms with Gasteiger partial charge in [0.15, 0.2) is 5.43 Å². The summed E-state index contributed by atoms with van der Waals surface area (Å²) in [5.74, 6) is 0.226. The predicted octanol–water partition coefficient (Wildman–Crippen LogP) is 5.14. The van der Waals surface area contributed by atoms with Crippen molar-refractivity contribution in [1.82, 2.24) is 10.2 Å². The zero-order valence-electron chi connectivity index (χ0n) is 17.3. The molecule has 0 radical (unpaired) electrons. The molecule has 2 aromatic carbocycles. The molecule has 5 rings (SSSR count). The zero-order valence-corrected chi connectivity index (χ0v) is 18.9. The summed E-state index contributed by atoms with van der Waals surface area (Å²) in [5.41, 5.74) is 0.976. The van der Waals surface area contributed by atoms with Crippen LogP contribution in [0.3, 0.4) is 0 Å². The van der Waals surface area contributed by atoms with Crippen LogP contribution in [0, 0.1) is 6.92 Å². The maximum atomic E-state index is 13.6. The average molecular weight is 468 g/mol. The molecule has 1 aliphatic heterocycles. The molecule has 0 saturated heterocycles. The van der Waals surface area contributed by atoms with Gasteiger partial charge in [0.2, 0.25) is 10.9 Å². The molecule has 4 aromatic rings. The van der Waals surface area contributed by atoms with Crippen LogP contribution >= 0.6 is 22.9 Å². The standard InChI is InChI=1S/C23H18ClN3O4S/c1-3-9-30-15-6-4-5-13(10-15)19-18-20(28)16-11-14(24)7-8-17(16)31-21(18)22(29)27(19)23-26-25-12(2)32-23/h4-8,10-11,19H,3,9H2,1-2H3/t19-/m1/s1. The number of carbonyl (C=O) groups is 1. The number of amides is 1. The molecule has 1 atom stereocenters. The van der Waals surface area contributed by atoms with E-state index in [2.05, 4.69) is 10.2 Å². The molecule has 1 amide bonds. The Morgan fingerprint density at radius 3 is 2.78 bits per heavy atom. The van der Waals surface area contributed by atoms with Gasteiger partial charge in [0.05, 0.1) is 23.6 Å². The topological polar surface area (TPSA) is 85.5 Å². The smallest absolute Gasteiger partial charge is 0.297 e. The molecule has 0 spiro atoms. The van der Waals surface area contributed by atoms with Gasteiger partial charge in [-0.1, -0.05) is 42.0 Å². The number of nitrogens with zero attached hydrogens (tertiary/aromatic N) is 3. The fraction of sp³-hybridized carbons (Fsp3) is 0.217. The first-order chi connectivity index (χ1) is 15.5. The highest BCUT2D eigenvalue weighted by Gasteiger charge is 2.45. The maximum Gasteiger partial charge on any atom is 0.297 e. The Morgan fingerprint density at radius 1 is 1.19 bits per heavy atom. The van der Waals surface area contributed by atoms with E-state index in [1.165, 1.54) is 16.2 Å². The molecule has 32 heavy (non-hydrogen) atoms. The molecule has 0 fully saturated rings. The Kier molecular flexibility index (Phi) is 5.19. The number of aryl methyl sites for hydroxylation is 1. The normalized spacial score (nSPS) is 15.4. The van der Waals surface area contributed by atoms with Crippen LogP contribution in [0.15, 0.2) is 51.7 Å². The van der Waals surface area contributed by atoms with Gasteiger partial charge in [-0.2, -0.15) is 0 Å². The SMILES string of the molecule is CCCOc1cccc([C@@H]2c3c(oc4ccc(Cl)cc4c3=O)C(=O)N2c2nnc(C)s2)c1. The fourth-order valence-electron chi connectivity index (χ4n) is 3.84. The number of benzene rings is 2. The van der Waals surface area contributed by atoms with Crippen LogP contribution in [0.2, 0.25) is 5.02 Å². The van der Waals surface area contributed by atoms with E-state index < -0.39 is 11.9 Å². The molecular weight excluding hydrogens is 450 g/mol. The average Bonchev–Trinajstić information content (AvgIpc) is 3.34. The summed E-state index contributed by atoms with van der Waals surface area (Å²) in [6.45, 7) is 4.40. The van der Waals surface area contributed by atoms with Crippen LogP contribution in [0.5, 0.6) is 5.75 Å². The van der Waals surface area contributed by atoms with E-state index in [0.717, 1.165) is 6.42 Å². The molecule has 2 aromatic heterocycles. The van der Waals surface area contributed by atoms with E-state index >= 15 is 0 Å². The lowest BCUT2D eigenvalue weighted by atomic mass is 9.98. The first-order valence-corrected chi connectivity index (χ1v) is 11.3. The Morgan fingerprint density at radius 2 is 2.03 bits per heavy atom. The summed E-state index contributed by atoms with van der Waals surface area (Å²) < 4.78 is 11.7. The third-order valence-corrected chi connectivity index (χ3v) is 6.27. The molecular formula is C23H18ClN3O4S. The molecule has 3 heterocycles. The van der Waals surface area contributed by atoms with Gasteiger partial charge in [-0.15, -0.1) is 10.2 Å². The number of hydrogen-bond donors (Lipinski definition) is 0. The van der Waals surface area contributed by atoms with Gasteiger partial charge in [0.1, 0.15) is 16.3 Å². The Bertz CT molecular complexity index is 1410. The van der Waals surface area contributed by atoms with Crippen molar-refractivity contribution in [1.29, 1.82) is 0 Å². The lowest BCUT2D eigenvalue weighted by molar-refractivity contribution is 0.0970. The van der Waals surface area contributed by atoms with Gasteiger partial charge < -0.3 is 9.15 Å². The van der Waals surface area contributed by atoms with E-state index in [1.54, 1.807) is 18.2 Å². The van der Waals surface area contributed by atoms with Gasteiger partial charge >= 0.3 is 0 Å². The minimum Gasteiger partial charge on any atom is -0.494 e. The van der Waals surface area contributed by atoms with Gasteiger partial charge in [-0.25, -0.2) is 0 Å². The fourth-order valence-corrected chi connectivity index (χ4v) is 4.72. The summed E-state index contributed by atoms with van der Waals surface area (Å²) in [5, 5.41) is 10.1. The minimum atomic E-state index is -0.727. The van der Waals surface area contributed by atoms with E-state index in [0.29, 0.717) is 44.1 Å². The third-order valence-electron chi connectivity index (χ3n) is 5.20. The number of fused-ring (bicyclic) bond motifs is 2. The lowest BCUT2D eigenvalue weighted by Crippen LogP contribution is -2.29. The number of ether oxygens (including phenoxy) is 1. The van der Waals surface area contributed by atoms with Gasteiger partial charge in [0, 0.05) is 5.02 Å². The van der Waals surface area contributed by atoms with Crippen LogP contribution in [0.4, 0.5) is 5.13 Å². The highest BCUT2D eigenvalue weighted by atomic mass is 35.5.